The van der Waals surface area contributed by atoms with Crippen LogP contribution < -0.4 is 5.73 Å². The van der Waals surface area contributed by atoms with Crippen molar-refractivity contribution in [3.8, 4) is 11.4 Å². The molecule has 7 heteroatoms. The van der Waals surface area contributed by atoms with Crippen molar-refractivity contribution in [3.63, 3.8) is 0 Å². The van der Waals surface area contributed by atoms with Crippen LogP contribution in [0.1, 0.15) is 21.8 Å². The third-order valence-corrected chi connectivity index (χ3v) is 2.43. The largest absolute Gasteiger partial charge is 0.478 e. The number of nitrogens with two attached hydrogens (primary N) is 1. The van der Waals surface area contributed by atoms with Gasteiger partial charge in [0.15, 0.2) is 0 Å². The number of hydrogen-bond donors (Lipinski definition) is 2. The molecule has 2 rings (SSSR count). The van der Waals surface area contributed by atoms with E-state index in [2.05, 4.69) is 10.1 Å². The molecule has 0 spiro atoms. The van der Waals surface area contributed by atoms with E-state index < -0.39 is 17.3 Å². The summed E-state index contributed by atoms with van der Waals surface area (Å²) in [7, 11) is 0. The van der Waals surface area contributed by atoms with Crippen LogP contribution in [-0.2, 0) is 6.54 Å². The maximum atomic E-state index is 13.4. The number of carboxylic acids is 1. The van der Waals surface area contributed by atoms with Crippen LogP contribution >= 0.6 is 0 Å². The summed E-state index contributed by atoms with van der Waals surface area (Å²) in [5, 5.41) is 12.5. The second-order valence-corrected chi connectivity index (χ2v) is 3.67. The molecular formula is C11H10FN3O3. The molecule has 0 saturated heterocycles. The van der Waals surface area contributed by atoms with Gasteiger partial charge in [0.1, 0.15) is 5.82 Å². The van der Waals surface area contributed by atoms with Crippen molar-refractivity contribution in [2.45, 2.75) is 13.5 Å². The summed E-state index contributed by atoms with van der Waals surface area (Å²) < 4.78 is 18.2. The van der Waals surface area contributed by atoms with Crippen LogP contribution in [0.3, 0.4) is 0 Å². The van der Waals surface area contributed by atoms with Crippen LogP contribution in [0.2, 0.25) is 0 Å². The molecule has 0 unspecified atom stereocenters. The van der Waals surface area contributed by atoms with E-state index in [0.717, 1.165) is 6.07 Å². The number of aryl methyl sites for hydroxylation is 1. The lowest BCUT2D eigenvalue weighted by Gasteiger charge is -2.04. The molecule has 0 aliphatic heterocycles. The van der Waals surface area contributed by atoms with Gasteiger partial charge >= 0.3 is 5.97 Å². The molecule has 3 N–H and O–H groups in total. The van der Waals surface area contributed by atoms with Gasteiger partial charge in [-0.25, -0.2) is 9.18 Å². The first kappa shape index (κ1) is 12.2. The maximum Gasteiger partial charge on any atom is 0.338 e. The zero-order valence-electron chi connectivity index (χ0n) is 9.48. The second-order valence-electron chi connectivity index (χ2n) is 3.67. The summed E-state index contributed by atoms with van der Waals surface area (Å²) in [6.45, 7) is 1.71. The van der Waals surface area contributed by atoms with Crippen LogP contribution in [0.15, 0.2) is 16.7 Å². The van der Waals surface area contributed by atoms with Crippen LogP contribution in [0.4, 0.5) is 4.39 Å². The molecule has 1 aromatic carbocycles. The highest BCUT2D eigenvalue weighted by atomic mass is 19.1. The molecule has 1 heterocycles. The molecule has 6 nitrogen and oxygen atoms in total. The van der Waals surface area contributed by atoms with E-state index in [4.69, 9.17) is 15.4 Å². The summed E-state index contributed by atoms with van der Waals surface area (Å²) in [6.07, 6.45) is 0. The Labute approximate surface area is 101 Å². The minimum Gasteiger partial charge on any atom is -0.478 e. The molecule has 1 aromatic heterocycles. The van der Waals surface area contributed by atoms with E-state index >= 15 is 0 Å². The van der Waals surface area contributed by atoms with Gasteiger partial charge in [-0.05, 0) is 24.6 Å². The fourth-order valence-corrected chi connectivity index (χ4v) is 1.52. The SMILES string of the molecule is Cc1cc(F)c(C(=O)O)cc1-c1noc(CN)n1. The van der Waals surface area contributed by atoms with Crippen molar-refractivity contribution in [1.82, 2.24) is 10.1 Å². The fraction of sp³-hybridized carbons (Fsp3) is 0.182. The molecule has 0 amide bonds. The summed E-state index contributed by atoms with van der Waals surface area (Å²) in [6, 6.07) is 2.30. The Morgan fingerprint density at radius 3 is 2.83 bits per heavy atom. The van der Waals surface area contributed by atoms with E-state index in [0.29, 0.717) is 11.1 Å². The van der Waals surface area contributed by atoms with Gasteiger partial charge in [0.2, 0.25) is 11.7 Å². The van der Waals surface area contributed by atoms with Gasteiger partial charge < -0.3 is 15.4 Å². The van der Waals surface area contributed by atoms with E-state index in [-0.39, 0.29) is 18.3 Å². The molecule has 0 aliphatic carbocycles. The predicted octanol–water partition coefficient (Wildman–Crippen LogP) is 1.34. The van der Waals surface area contributed by atoms with Crippen LogP contribution in [-0.4, -0.2) is 21.2 Å². The summed E-state index contributed by atoms with van der Waals surface area (Å²) in [4.78, 5) is 14.8. The Bertz CT molecular complexity index is 610. The van der Waals surface area contributed by atoms with E-state index in [1.807, 2.05) is 0 Å². The Kier molecular flexibility index (Phi) is 3.07. The number of carbonyl (C=O) groups is 1. The van der Waals surface area contributed by atoms with Crippen LogP contribution in [0.5, 0.6) is 0 Å². The van der Waals surface area contributed by atoms with Gasteiger partial charge in [-0.2, -0.15) is 4.98 Å². The maximum absolute atomic E-state index is 13.4. The van der Waals surface area contributed by atoms with E-state index in [1.54, 1.807) is 6.92 Å². The first-order valence-electron chi connectivity index (χ1n) is 5.09. The molecule has 0 bridgehead atoms. The fourth-order valence-electron chi connectivity index (χ4n) is 1.52. The quantitative estimate of drug-likeness (QED) is 0.853. The Hall–Kier alpha value is -2.28. The molecule has 2 aromatic rings. The molecule has 0 aliphatic rings. The number of carboxylic acid groups (broad SMARTS) is 1. The lowest BCUT2D eigenvalue weighted by atomic mass is 10.0. The number of hydrogen-bond acceptors (Lipinski definition) is 5. The van der Waals surface area contributed by atoms with Gasteiger partial charge in [-0.15, -0.1) is 0 Å². The third-order valence-electron chi connectivity index (χ3n) is 2.43. The summed E-state index contributed by atoms with van der Waals surface area (Å²) in [5.41, 5.74) is 5.81. The van der Waals surface area contributed by atoms with Crippen molar-refractivity contribution >= 4 is 5.97 Å². The highest BCUT2D eigenvalue weighted by molar-refractivity contribution is 5.89. The van der Waals surface area contributed by atoms with E-state index in [9.17, 15) is 9.18 Å². The molecule has 0 saturated carbocycles. The Balaban J connectivity index is 2.56. The Morgan fingerprint density at radius 2 is 2.28 bits per heavy atom. The standard InChI is InChI=1S/C11H10FN3O3/c1-5-2-8(12)7(11(16)17)3-6(5)10-14-9(4-13)18-15-10/h2-3H,4,13H2,1H3,(H,16,17). The summed E-state index contributed by atoms with van der Waals surface area (Å²) in [5.74, 6) is -1.73. The molecule has 0 radical (unpaired) electrons. The zero-order chi connectivity index (χ0) is 13.3. The number of aromatic nitrogens is 2. The number of halogens is 1. The predicted molar refractivity (Wildman–Crippen MR) is 59.3 cm³/mol. The molecule has 18 heavy (non-hydrogen) atoms. The van der Waals surface area contributed by atoms with Crippen molar-refractivity contribution in [2.75, 3.05) is 0 Å². The molecular weight excluding hydrogens is 241 g/mol. The average molecular weight is 251 g/mol. The van der Waals surface area contributed by atoms with Crippen molar-refractivity contribution in [2.24, 2.45) is 5.73 Å². The van der Waals surface area contributed by atoms with Gasteiger partial charge in [0, 0.05) is 5.56 Å². The highest BCUT2D eigenvalue weighted by Crippen LogP contribution is 2.24. The van der Waals surface area contributed by atoms with Crippen molar-refractivity contribution in [3.05, 3.63) is 35.0 Å². The summed E-state index contributed by atoms with van der Waals surface area (Å²) >= 11 is 0. The van der Waals surface area contributed by atoms with Gasteiger partial charge in [0.25, 0.3) is 0 Å². The first-order chi connectivity index (χ1) is 8.52. The van der Waals surface area contributed by atoms with Gasteiger partial charge in [-0.1, -0.05) is 5.16 Å². The smallest absolute Gasteiger partial charge is 0.338 e. The number of benzene rings is 1. The van der Waals surface area contributed by atoms with Crippen molar-refractivity contribution in [1.29, 1.82) is 0 Å². The average Bonchev–Trinajstić information content (AvgIpc) is 2.77. The number of rotatable bonds is 3. The lowest BCUT2D eigenvalue weighted by Crippen LogP contribution is -2.02. The highest BCUT2D eigenvalue weighted by Gasteiger charge is 2.17. The van der Waals surface area contributed by atoms with Crippen LogP contribution in [0, 0.1) is 12.7 Å². The Morgan fingerprint density at radius 1 is 1.56 bits per heavy atom. The molecule has 94 valence electrons. The minimum absolute atomic E-state index is 0.0824. The minimum atomic E-state index is -1.35. The monoisotopic (exact) mass is 251 g/mol. The lowest BCUT2D eigenvalue weighted by molar-refractivity contribution is 0.0692. The van der Waals surface area contributed by atoms with Gasteiger partial charge in [-0.3, -0.25) is 0 Å². The first-order valence-corrected chi connectivity index (χ1v) is 5.09. The van der Waals surface area contributed by atoms with Gasteiger partial charge in [0.05, 0.1) is 12.1 Å². The zero-order valence-corrected chi connectivity index (χ0v) is 9.48. The third kappa shape index (κ3) is 2.07. The number of nitrogens with zero attached hydrogens (tertiary/aromatic N) is 2. The van der Waals surface area contributed by atoms with Crippen molar-refractivity contribution < 1.29 is 18.8 Å². The second kappa shape index (κ2) is 4.53. The topological polar surface area (TPSA) is 102 Å². The molecule has 0 atom stereocenters. The molecule has 0 fully saturated rings. The van der Waals surface area contributed by atoms with Crippen LogP contribution in [0.25, 0.3) is 11.4 Å². The number of aromatic carboxylic acids is 1. The van der Waals surface area contributed by atoms with E-state index in [1.165, 1.54) is 6.07 Å². The normalized spacial score (nSPS) is 10.6.